The van der Waals surface area contributed by atoms with Crippen LogP contribution in [0.2, 0.25) is 5.02 Å². The van der Waals surface area contributed by atoms with Gasteiger partial charge < -0.3 is 9.84 Å². The summed E-state index contributed by atoms with van der Waals surface area (Å²) in [7, 11) is 0. The molecule has 1 N–H and O–H groups in total. The van der Waals surface area contributed by atoms with Crippen LogP contribution in [0.15, 0.2) is 36.4 Å². The smallest absolute Gasteiger partial charge is 0.128 e. The predicted molar refractivity (Wildman–Crippen MR) is 77.6 cm³/mol. The Morgan fingerprint density at radius 1 is 1.25 bits per heavy atom. The Hall–Kier alpha value is -2.02. The van der Waals surface area contributed by atoms with Gasteiger partial charge in [-0.1, -0.05) is 35.9 Å². The van der Waals surface area contributed by atoms with Gasteiger partial charge in [-0.3, -0.25) is 0 Å². The number of rotatable bonds is 4. The Labute approximate surface area is 123 Å². The minimum absolute atomic E-state index is 0.0713. The number of hydrogen-bond donors (Lipinski definition) is 1. The summed E-state index contributed by atoms with van der Waals surface area (Å²) in [4.78, 5) is 0. The molecule has 102 valence electrons. The number of aryl methyl sites for hydroxylation is 1. The number of aliphatic hydroxyl groups is 1. The highest BCUT2D eigenvalue weighted by Crippen LogP contribution is 2.26. The molecule has 0 fully saturated rings. The van der Waals surface area contributed by atoms with Gasteiger partial charge in [-0.2, -0.15) is 5.26 Å². The van der Waals surface area contributed by atoms with Gasteiger partial charge in [0.25, 0.3) is 0 Å². The lowest BCUT2D eigenvalue weighted by atomic mass is 10.1. The maximum Gasteiger partial charge on any atom is 0.128 e. The molecule has 0 radical (unpaired) electrons. The molecule has 3 nitrogen and oxygen atoms in total. The van der Waals surface area contributed by atoms with Crippen molar-refractivity contribution in [1.82, 2.24) is 0 Å². The third-order valence-electron chi connectivity index (χ3n) is 3.02. The van der Waals surface area contributed by atoms with Crippen molar-refractivity contribution in [1.29, 1.82) is 5.26 Å². The van der Waals surface area contributed by atoms with E-state index in [1.165, 1.54) is 0 Å². The Morgan fingerprint density at radius 2 is 2.05 bits per heavy atom. The van der Waals surface area contributed by atoms with Crippen molar-refractivity contribution >= 4 is 11.6 Å². The van der Waals surface area contributed by atoms with Crippen LogP contribution in [-0.4, -0.2) is 5.11 Å². The fourth-order valence-electron chi connectivity index (χ4n) is 1.93. The summed E-state index contributed by atoms with van der Waals surface area (Å²) in [5.41, 5.74) is 3.03. The third kappa shape index (κ3) is 3.11. The van der Waals surface area contributed by atoms with Gasteiger partial charge in [0.05, 0.1) is 18.2 Å². The van der Waals surface area contributed by atoms with Gasteiger partial charge in [0.2, 0.25) is 0 Å². The maximum absolute atomic E-state index is 9.32. The largest absolute Gasteiger partial charge is 0.488 e. The molecular formula is C16H14ClNO2. The van der Waals surface area contributed by atoms with Crippen LogP contribution in [0.4, 0.5) is 0 Å². The molecule has 2 rings (SSSR count). The Kier molecular flexibility index (Phi) is 4.62. The minimum Gasteiger partial charge on any atom is -0.488 e. The first-order valence-corrected chi connectivity index (χ1v) is 6.54. The molecule has 20 heavy (non-hydrogen) atoms. The number of benzene rings is 2. The highest BCUT2D eigenvalue weighted by Gasteiger charge is 2.08. The zero-order valence-electron chi connectivity index (χ0n) is 11.1. The number of nitrogens with zero attached hydrogens (tertiary/aromatic N) is 1. The van der Waals surface area contributed by atoms with E-state index in [0.29, 0.717) is 22.9 Å². The average Bonchev–Trinajstić information content (AvgIpc) is 2.46. The number of aliphatic hydroxyl groups excluding tert-OH is 1. The third-order valence-corrected chi connectivity index (χ3v) is 3.37. The molecule has 0 unspecified atom stereocenters. The summed E-state index contributed by atoms with van der Waals surface area (Å²) < 4.78 is 5.77. The summed E-state index contributed by atoms with van der Waals surface area (Å²) in [6, 6.07) is 12.8. The summed E-state index contributed by atoms with van der Waals surface area (Å²) in [6.07, 6.45) is 0. The van der Waals surface area contributed by atoms with E-state index >= 15 is 0 Å². The predicted octanol–water partition coefficient (Wildman–Crippen LogP) is 3.59. The fraction of sp³-hybridized carbons (Fsp3) is 0.188. The van der Waals surface area contributed by atoms with Crippen molar-refractivity contribution in [3.63, 3.8) is 0 Å². The van der Waals surface area contributed by atoms with Crippen LogP contribution in [0.5, 0.6) is 5.75 Å². The van der Waals surface area contributed by atoms with Crippen molar-refractivity contribution in [3.05, 3.63) is 63.7 Å². The van der Waals surface area contributed by atoms with Crippen molar-refractivity contribution < 1.29 is 9.84 Å². The van der Waals surface area contributed by atoms with Crippen LogP contribution in [0.1, 0.15) is 22.3 Å². The summed E-state index contributed by atoms with van der Waals surface area (Å²) in [5, 5.41) is 18.6. The quantitative estimate of drug-likeness (QED) is 0.935. The molecule has 0 aliphatic heterocycles. The van der Waals surface area contributed by atoms with Crippen LogP contribution in [0.3, 0.4) is 0 Å². The molecule has 0 spiro atoms. The zero-order chi connectivity index (χ0) is 14.5. The van der Waals surface area contributed by atoms with E-state index in [0.717, 1.165) is 16.7 Å². The number of nitriles is 1. The van der Waals surface area contributed by atoms with Crippen molar-refractivity contribution in [2.45, 2.75) is 20.1 Å². The minimum atomic E-state index is -0.0713. The molecule has 0 amide bonds. The lowest BCUT2D eigenvalue weighted by molar-refractivity contribution is 0.258. The topological polar surface area (TPSA) is 53.2 Å². The second-order valence-corrected chi connectivity index (χ2v) is 4.84. The molecular weight excluding hydrogens is 274 g/mol. The molecule has 4 heteroatoms. The molecule has 0 aromatic heterocycles. The van der Waals surface area contributed by atoms with E-state index in [9.17, 15) is 5.11 Å². The summed E-state index contributed by atoms with van der Waals surface area (Å²) >= 11 is 6.11. The monoisotopic (exact) mass is 287 g/mol. The van der Waals surface area contributed by atoms with E-state index < -0.39 is 0 Å². The molecule has 0 bridgehead atoms. The first-order chi connectivity index (χ1) is 9.65. The molecule has 0 saturated heterocycles. The highest BCUT2D eigenvalue weighted by molar-refractivity contribution is 6.31. The average molecular weight is 288 g/mol. The van der Waals surface area contributed by atoms with E-state index in [-0.39, 0.29) is 6.61 Å². The zero-order valence-corrected chi connectivity index (χ0v) is 11.8. The van der Waals surface area contributed by atoms with Crippen LogP contribution >= 0.6 is 11.6 Å². The van der Waals surface area contributed by atoms with Gasteiger partial charge >= 0.3 is 0 Å². The van der Waals surface area contributed by atoms with Gasteiger partial charge in [0.15, 0.2) is 0 Å². The van der Waals surface area contributed by atoms with Gasteiger partial charge in [-0.15, -0.1) is 0 Å². The molecule has 2 aromatic carbocycles. The van der Waals surface area contributed by atoms with E-state index in [1.54, 1.807) is 18.2 Å². The van der Waals surface area contributed by atoms with Gasteiger partial charge in [0, 0.05) is 16.1 Å². The van der Waals surface area contributed by atoms with Gasteiger partial charge in [-0.25, -0.2) is 0 Å². The van der Waals surface area contributed by atoms with Gasteiger partial charge in [0.1, 0.15) is 12.4 Å². The van der Waals surface area contributed by atoms with Crippen LogP contribution in [-0.2, 0) is 13.2 Å². The summed E-state index contributed by atoms with van der Waals surface area (Å²) in [5.74, 6) is 0.676. The van der Waals surface area contributed by atoms with Crippen LogP contribution < -0.4 is 4.74 Å². The number of para-hydroxylation sites is 1. The second kappa shape index (κ2) is 6.42. The maximum atomic E-state index is 9.32. The van der Waals surface area contributed by atoms with Crippen molar-refractivity contribution in [2.24, 2.45) is 0 Å². The first kappa shape index (κ1) is 14.4. The lowest BCUT2D eigenvalue weighted by Gasteiger charge is -2.13. The van der Waals surface area contributed by atoms with E-state index in [4.69, 9.17) is 21.6 Å². The number of hydrogen-bond acceptors (Lipinski definition) is 3. The molecule has 0 heterocycles. The Morgan fingerprint density at radius 3 is 2.70 bits per heavy atom. The molecule has 0 saturated carbocycles. The number of ether oxygens (including phenoxy) is 1. The highest BCUT2D eigenvalue weighted by atomic mass is 35.5. The fourth-order valence-corrected chi connectivity index (χ4v) is 2.16. The molecule has 2 aromatic rings. The second-order valence-electron chi connectivity index (χ2n) is 4.43. The Balaban J connectivity index is 2.19. The van der Waals surface area contributed by atoms with Crippen LogP contribution in [0, 0.1) is 18.3 Å². The van der Waals surface area contributed by atoms with Crippen molar-refractivity contribution in [3.8, 4) is 11.8 Å². The number of halogens is 1. The van der Waals surface area contributed by atoms with Crippen molar-refractivity contribution in [2.75, 3.05) is 0 Å². The first-order valence-electron chi connectivity index (χ1n) is 6.16. The Bertz CT molecular complexity index is 662. The van der Waals surface area contributed by atoms with Crippen LogP contribution in [0.25, 0.3) is 0 Å². The molecule has 0 aliphatic carbocycles. The van der Waals surface area contributed by atoms with Gasteiger partial charge in [-0.05, 0) is 24.6 Å². The lowest BCUT2D eigenvalue weighted by Crippen LogP contribution is -2.01. The normalized spacial score (nSPS) is 10.1. The summed E-state index contributed by atoms with van der Waals surface area (Å²) in [6.45, 7) is 2.15. The SMILES string of the molecule is Cc1cccc(CO)c1OCc1ccc(C#N)cc1Cl. The molecule has 0 aliphatic rings. The molecule has 0 atom stereocenters. The van der Waals surface area contributed by atoms with E-state index in [2.05, 4.69) is 0 Å². The van der Waals surface area contributed by atoms with E-state index in [1.807, 2.05) is 31.2 Å². The standard InChI is InChI=1S/C16H14ClNO2/c1-11-3-2-4-13(9-19)16(11)20-10-14-6-5-12(8-18)7-15(14)17/h2-7,19H,9-10H2,1H3.